The smallest absolute Gasteiger partial charge is 0.161 e. The molecule has 4 heteroatoms. The van der Waals surface area contributed by atoms with Crippen LogP contribution in [0.15, 0.2) is 66.9 Å². The average molecular weight is 362 g/mol. The zero-order valence-electron chi connectivity index (χ0n) is 16.0. The first-order valence-corrected chi connectivity index (χ1v) is 9.45. The van der Waals surface area contributed by atoms with Crippen molar-refractivity contribution < 1.29 is 9.47 Å². The molecule has 1 atom stereocenters. The van der Waals surface area contributed by atoms with Crippen LogP contribution in [-0.4, -0.2) is 30.2 Å². The van der Waals surface area contributed by atoms with Gasteiger partial charge in [0.25, 0.3) is 0 Å². The van der Waals surface area contributed by atoms with E-state index in [4.69, 9.17) is 9.47 Å². The molecule has 2 heterocycles. The van der Waals surface area contributed by atoms with Gasteiger partial charge in [-0.25, -0.2) is 0 Å². The Bertz CT molecular complexity index is 888. The summed E-state index contributed by atoms with van der Waals surface area (Å²) in [6.07, 6.45) is 3.33. The summed E-state index contributed by atoms with van der Waals surface area (Å²) in [5.41, 5.74) is 3.89. The van der Waals surface area contributed by atoms with Gasteiger partial charge in [-0.1, -0.05) is 36.4 Å². The highest BCUT2D eigenvalue weighted by Crippen LogP contribution is 2.37. The Kier molecular flexibility index (Phi) is 5.16. The van der Waals surface area contributed by atoms with Gasteiger partial charge in [-0.15, -0.1) is 0 Å². The molecule has 4 nitrogen and oxygen atoms in total. The van der Waals surface area contributed by atoms with Crippen LogP contribution in [-0.2, 0) is 13.1 Å². The van der Waals surface area contributed by atoms with Crippen molar-refractivity contribution >= 4 is 0 Å². The number of aryl methyl sites for hydroxylation is 1. The lowest BCUT2D eigenvalue weighted by atomic mass is 10.0. The standard InChI is InChI=1S/C23H26N2O2/c1-26-21-12-11-19(16-22(21)27-2)23-20-10-6-13-24(20)14-7-15-25(23)17-18-8-4-3-5-9-18/h3-6,8-13,16,23H,7,14-15,17H2,1-2H3. The van der Waals surface area contributed by atoms with E-state index in [1.807, 2.05) is 6.07 Å². The summed E-state index contributed by atoms with van der Waals surface area (Å²) in [4.78, 5) is 2.56. The van der Waals surface area contributed by atoms with Crippen molar-refractivity contribution in [2.24, 2.45) is 0 Å². The third-order valence-electron chi connectivity index (χ3n) is 5.31. The Balaban J connectivity index is 1.76. The van der Waals surface area contributed by atoms with Gasteiger partial charge in [-0.3, -0.25) is 4.90 Å². The van der Waals surface area contributed by atoms with Gasteiger partial charge in [0.05, 0.1) is 20.3 Å². The first kappa shape index (κ1) is 17.7. The van der Waals surface area contributed by atoms with E-state index >= 15 is 0 Å². The predicted octanol–water partition coefficient (Wildman–Crippen LogP) is 4.50. The van der Waals surface area contributed by atoms with E-state index in [0.29, 0.717) is 0 Å². The molecular weight excluding hydrogens is 336 g/mol. The van der Waals surface area contributed by atoms with Crippen LogP contribution in [0.5, 0.6) is 11.5 Å². The van der Waals surface area contributed by atoms with E-state index in [1.165, 1.54) is 16.8 Å². The number of rotatable bonds is 5. The molecule has 27 heavy (non-hydrogen) atoms. The largest absolute Gasteiger partial charge is 0.493 e. The van der Waals surface area contributed by atoms with Gasteiger partial charge < -0.3 is 14.0 Å². The molecule has 4 rings (SSSR count). The zero-order valence-corrected chi connectivity index (χ0v) is 16.0. The molecule has 0 saturated carbocycles. The molecule has 1 aliphatic rings. The summed E-state index contributed by atoms with van der Waals surface area (Å²) < 4.78 is 13.4. The molecule has 0 N–H and O–H groups in total. The third-order valence-corrected chi connectivity index (χ3v) is 5.31. The van der Waals surface area contributed by atoms with Crippen molar-refractivity contribution in [3.63, 3.8) is 0 Å². The lowest BCUT2D eigenvalue weighted by molar-refractivity contribution is 0.220. The summed E-state index contributed by atoms with van der Waals surface area (Å²) in [5, 5.41) is 0. The third kappa shape index (κ3) is 3.58. The minimum atomic E-state index is 0.183. The van der Waals surface area contributed by atoms with Crippen molar-refractivity contribution in [2.45, 2.75) is 25.6 Å². The summed E-state index contributed by atoms with van der Waals surface area (Å²) in [5.74, 6) is 1.54. The van der Waals surface area contributed by atoms with E-state index in [1.54, 1.807) is 14.2 Å². The van der Waals surface area contributed by atoms with Gasteiger partial charge in [0.1, 0.15) is 0 Å². The second-order valence-corrected chi connectivity index (χ2v) is 6.95. The minimum absolute atomic E-state index is 0.183. The Morgan fingerprint density at radius 1 is 0.889 bits per heavy atom. The Labute approximate surface area is 161 Å². The van der Waals surface area contributed by atoms with Crippen LogP contribution in [0.2, 0.25) is 0 Å². The normalized spacial score (nSPS) is 17.2. The number of fused-ring (bicyclic) bond motifs is 1. The van der Waals surface area contributed by atoms with Crippen LogP contribution in [0.3, 0.4) is 0 Å². The van der Waals surface area contributed by atoms with Crippen molar-refractivity contribution in [1.29, 1.82) is 0 Å². The fraction of sp³-hybridized carbons (Fsp3) is 0.304. The average Bonchev–Trinajstić information content (AvgIpc) is 3.10. The van der Waals surface area contributed by atoms with E-state index < -0.39 is 0 Å². The van der Waals surface area contributed by atoms with Gasteiger partial charge in [-0.05, 0) is 41.8 Å². The lowest BCUT2D eigenvalue weighted by Gasteiger charge is -2.31. The molecule has 0 aliphatic carbocycles. The molecule has 0 amide bonds. The Morgan fingerprint density at radius 2 is 1.70 bits per heavy atom. The van der Waals surface area contributed by atoms with Crippen LogP contribution in [0, 0.1) is 0 Å². The number of methoxy groups -OCH3 is 2. The van der Waals surface area contributed by atoms with Crippen molar-refractivity contribution in [3.8, 4) is 11.5 Å². The molecule has 0 saturated heterocycles. The van der Waals surface area contributed by atoms with E-state index in [-0.39, 0.29) is 6.04 Å². The SMILES string of the molecule is COc1ccc(C2c3cccn3CCCN2Cc2ccccc2)cc1OC. The van der Waals surface area contributed by atoms with Gasteiger partial charge in [0.15, 0.2) is 11.5 Å². The first-order chi connectivity index (χ1) is 13.3. The Hall–Kier alpha value is -2.72. The zero-order chi connectivity index (χ0) is 18.6. The predicted molar refractivity (Wildman–Crippen MR) is 107 cm³/mol. The highest BCUT2D eigenvalue weighted by molar-refractivity contribution is 5.45. The Morgan fingerprint density at radius 3 is 2.48 bits per heavy atom. The molecule has 0 spiro atoms. The van der Waals surface area contributed by atoms with Crippen LogP contribution < -0.4 is 9.47 Å². The van der Waals surface area contributed by atoms with E-state index in [9.17, 15) is 0 Å². The highest BCUT2D eigenvalue weighted by Gasteiger charge is 2.28. The maximum Gasteiger partial charge on any atom is 0.161 e. The number of aromatic nitrogens is 1. The molecule has 0 fully saturated rings. The summed E-state index contributed by atoms with van der Waals surface area (Å²) >= 11 is 0. The van der Waals surface area contributed by atoms with Crippen LogP contribution >= 0.6 is 0 Å². The fourth-order valence-electron chi connectivity index (χ4n) is 4.03. The topological polar surface area (TPSA) is 26.6 Å². The van der Waals surface area contributed by atoms with Gasteiger partial charge in [0, 0.05) is 31.5 Å². The number of benzene rings is 2. The number of hydrogen-bond donors (Lipinski definition) is 0. The highest BCUT2D eigenvalue weighted by atomic mass is 16.5. The molecule has 2 aromatic carbocycles. The summed E-state index contributed by atoms with van der Waals surface area (Å²) in [6.45, 7) is 3.03. The molecule has 3 aromatic rings. The van der Waals surface area contributed by atoms with Gasteiger partial charge in [0.2, 0.25) is 0 Å². The molecule has 0 bridgehead atoms. The molecule has 1 aliphatic heterocycles. The van der Waals surface area contributed by atoms with Crippen molar-refractivity contribution in [2.75, 3.05) is 20.8 Å². The fourth-order valence-corrected chi connectivity index (χ4v) is 4.03. The van der Waals surface area contributed by atoms with E-state index in [0.717, 1.165) is 37.6 Å². The second-order valence-electron chi connectivity index (χ2n) is 6.95. The number of nitrogens with zero attached hydrogens (tertiary/aromatic N) is 2. The molecular formula is C23H26N2O2. The quantitative estimate of drug-likeness (QED) is 0.668. The van der Waals surface area contributed by atoms with Crippen molar-refractivity contribution in [3.05, 3.63) is 83.7 Å². The summed E-state index contributed by atoms with van der Waals surface area (Å²) in [7, 11) is 3.37. The first-order valence-electron chi connectivity index (χ1n) is 9.45. The number of ether oxygens (including phenoxy) is 2. The molecule has 140 valence electrons. The van der Waals surface area contributed by atoms with Crippen molar-refractivity contribution in [1.82, 2.24) is 9.47 Å². The van der Waals surface area contributed by atoms with E-state index in [2.05, 4.69) is 70.3 Å². The number of hydrogen-bond acceptors (Lipinski definition) is 3. The second kappa shape index (κ2) is 7.89. The lowest BCUT2D eigenvalue weighted by Crippen LogP contribution is -2.29. The molecule has 0 radical (unpaired) electrons. The van der Waals surface area contributed by atoms with Crippen LogP contribution in [0.4, 0.5) is 0 Å². The maximum atomic E-state index is 5.57. The molecule has 1 unspecified atom stereocenters. The van der Waals surface area contributed by atoms with Gasteiger partial charge >= 0.3 is 0 Å². The molecule has 1 aromatic heterocycles. The summed E-state index contributed by atoms with van der Waals surface area (Å²) in [6, 6.07) is 21.6. The van der Waals surface area contributed by atoms with Gasteiger partial charge in [-0.2, -0.15) is 0 Å². The minimum Gasteiger partial charge on any atom is -0.493 e. The van der Waals surface area contributed by atoms with Crippen LogP contribution in [0.25, 0.3) is 0 Å². The maximum absolute atomic E-state index is 5.57. The van der Waals surface area contributed by atoms with Crippen LogP contribution in [0.1, 0.15) is 29.3 Å². The monoisotopic (exact) mass is 362 g/mol.